The Morgan fingerprint density at radius 3 is 1.51 bits per heavy atom. The smallest absolute Gasteiger partial charge is 0.309 e. The second-order valence-electron chi connectivity index (χ2n) is 16.0. The summed E-state index contributed by atoms with van der Waals surface area (Å²) >= 11 is 0. The zero-order valence-electron chi connectivity index (χ0n) is 34.0. The lowest BCUT2D eigenvalue weighted by atomic mass is 9.90. The molecule has 0 radical (unpaired) electrons. The number of rotatable bonds is 6. The van der Waals surface area contributed by atoms with E-state index in [1.807, 2.05) is 91.0 Å². The molecular formula is C57H36F3N3. The predicted molar refractivity (Wildman–Crippen MR) is 251 cm³/mol. The Balaban J connectivity index is 1.24. The summed E-state index contributed by atoms with van der Waals surface area (Å²) in [5.41, 5.74) is 12.0. The van der Waals surface area contributed by atoms with Crippen molar-refractivity contribution in [1.29, 1.82) is 5.26 Å². The molecule has 0 atom stereocenters. The van der Waals surface area contributed by atoms with Crippen LogP contribution in [-0.4, -0.2) is 9.13 Å². The quantitative estimate of drug-likeness (QED) is 0.165. The summed E-state index contributed by atoms with van der Waals surface area (Å²) < 4.78 is 49.0. The van der Waals surface area contributed by atoms with Crippen LogP contribution in [0.25, 0.3) is 99.5 Å². The zero-order valence-corrected chi connectivity index (χ0v) is 34.0. The molecule has 0 spiro atoms. The van der Waals surface area contributed by atoms with Crippen LogP contribution in [0.15, 0.2) is 200 Å². The largest absolute Gasteiger partial charge is 0.417 e. The maximum atomic E-state index is 14.9. The Bertz CT molecular complexity index is 3630. The van der Waals surface area contributed by atoms with E-state index < -0.39 is 11.7 Å². The highest BCUT2D eigenvalue weighted by Crippen LogP contribution is 2.46. The molecule has 0 fully saturated rings. The van der Waals surface area contributed by atoms with Crippen molar-refractivity contribution < 1.29 is 13.2 Å². The molecule has 63 heavy (non-hydrogen) atoms. The summed E-state index contributed by atoms with van der Waals surface area (Å²) in [6.07, 6.45) is -4.58. The van der Waals surface area contributed by atoms with Crippen molar-refractivity contribution in [3.8, 4) is 62.0 Å². The van der Waals surface area contributed by atoms with Crippen molar-refractivity contribution in [2.24, 2.45) is 0 Å². The fourth-order valence-electron chi connectivity index (χ4n) is 9.49. The number of nitriles is 1. The van der Waals surface area contributed by atoms with Gasteiger partial charge in [-0.05, 0) is 113 Å². The highest BCUT2D eigenvalue weighted by molar-refractivity contribution is 6.13. The second-order valence-corrected chi connectivity index (χ2v) is 16.0. The summed E-state index contributed by atoms with van der Waals surface area (Å²) in [6, 6.07) is 68.0. The summed E-state index contributed by atoms with van der Waals surface area (Å²) in [6.45, 7) is 1.73. The molecular weight excluding hydrogens is 784 g/mol. The maximum Gasteiger partial charge on any atom is 0.417 e. The Morgan fingerprint density at radius 2 is 0.937 bits per heavy atom. The number of aromatic nitrogens is 2. The van der Waals surface area contributed by atoms with Crippen molar-refractivity contribution in [2.45, 2.75) is 13.1 Å². The average Bonchev–Trinajstić information content (AvgIpc) is 3.83. The Hall–Kier alpha value is -8.14. The van der Waals surface area contributed by atoms with Gasteiger partial charge in [-0.1, -0.05) is 133 Å². The third-order valence-electron chi connectivity index (χ3n) is 12.3. The lowest BCUT2D eigenvalue weighted by molar-refractivity contribution is -0.137. The number of halogens is 3. The number of hydrogen-bond donors (Lipinski definition) is 0. The number of aryl methyl sites for hydroxylation is 1. The van der Waals surface area contributed by atoms with Gasteiger partial charge in [0.25, 0.3) is 0 Å². The lowest BCUT2D eigenvalue weighted by Crippen LogP contribution is -2.08. The molecule has 2 aromatic heterocycles. The molecule has 11 rings (SSSR count). The van der Waals surface area contributed by atoms with Crippen LogP contribution in [0.4, 0.5) is 13.2 Å². The van der Waals surface area contributed by atoms with Crippen LogP contribution in [0.1, 0.15) is 16.7 Å². The van der Waals surface area contributed by atoms with E-state index in [0.29, 0.717) is 22.3 Å². The van der Waals surface area contributed by atoms with Gasteiger partial charge >= 0.3 is 6.18 Å². The van der Waals surface area contributed by atoms with Crippen molar-refractivity contribution in [1.82, 2.24) is 9.13 Å². The van der Waals surface area contributed by atoms with Crippen LogP contribution >= 0.6 is 0 Å². The van der Waals surface area contributed by atoms with E-state index in [0.717, 1.165) is 88.9 Å². The minimum absolute atomic E-state index is 0.132. The summed E-state index contributed by atoms with van der Waals surface area (Å²) in [5.74, 6) is 0. The van der Waals surface area contributed by atoms with Crippen LogP contribution in [0.2, 0.25) is 0 Å². The third-order valence-corrected chi connectivity index (χ3v) is 12.3. The first-order valence-electron chi connectivity index (χ1n) is 20.8. The van der Waals surface area contributed by atoms with Crippen molar-refractivity contribution in [2.75, 3.05) is 0 Å². The summed E-state index contributed by atoms with van der Waals surface area (Å²) in [7, 11) is 0. The molecule has 0 aliphatic rings. The first-order valence-corrected chi connectivity index (χ1v) is 20.8. The first kappa shape index (κ1) is 37.8. The molecule has 0 saturated carbocycles. The van der Waals surface area contributed by atoms with E-state index in [9.17, 15) is 18.4 Å². The van der Waals surface area contributed by atoms with E-state index in [1.165, 1.54) is 6.07 Å². The minimum Gasteiger partial charge on any atom is -0.309 e. The van der Waals surface area contributed by atoms with E-state index >= 15 is 0 Å². The summed E-state index contributed by atoms with van der Waals surface area (Å²) in [5, 5.41) is 14.6. The molecule has 0 unspecified atom stereocenters. The normalized spacial score (nSPS) is 11.8. The average molecular weight is 820 g/mol. The fourth-order valence-corrected chi connectivity index (χ4v) is 9.49. The van der Waals surface area contributed by atoms with Gasteiger partial charge in [-0.3, -0.25) is 0 Å². The van der Waals surface area contributed by atoms with Crippen molar-refractivity contribution in [3.63, 3.8) is 0 Å². The van der Waals surface area contributed by atoms with Crippen LogP contribution in [0.3, 0.4) is 0 Å². The summed E-state index contributed by atoms with van der Waals surface area (Å²) in [4.78, 5) is 0. The molecule has 6 heteroatoms. The number of alkyl halides is 3. The van der Waals surface area contributed by atoms with Gasteiger partial charge in [0.1, 0.15) is 0 Å². The number of fused-ring (bicyclic) bond motifs is 6. The van der Waals surface area contributed by atoms with Crippen LogP contribution in [0.5, 0.6) is 0 Å². The minimum atomic E-state index is -4.58. The van der Waals surface area contributed by atoms with E-state index in [2.05, 4.69) is 100 Å². The van der Waals surface area contributed by atoms with Gasteiger partial charge in [0, 0.05) is 32.7 Å². The Morgan fingerprint density at radius 1 is 0.413 bits per heavy atom. The van der Waals surface area contributed by atoms with E-state index in [4.69, 9.17) is 0 Å². The van der Waals surface area contributed by atoms with Crippen LogP contribution < -0.4 is 0 Å². The van der Waals surface area contributed by atoms with Crippen molar-refractivity contribution in [3.05, 3.63) is 217 Å². The molecule has 300 valence electrons. The number of benzene rings is 9. The molecule has 3 nitrogen and oxygen atoms in total. The lowest BCUT2D eigenvalue weighted by Gasteiger charge is -2.21. The van der Waals surface area contributed by atoms with Crippen LogP contribution in [0, 0.1) is 18.3 Å². The van der Waals surface area contributed by atoms with Gasteiger partial charge in [0.05, 0.1) is 50.6 Å². The predicted octanol–water partition coefficient (Wildman–Crippen LogP) is 15.7. The molecule has 11 aromatic rings. The van der Waals surface area contributed by atoms with Gasteiger partial charge < -0.3 is 9.13 Å². The number of para-hydroxylation sites is 2. The molecule has 0 N–H and O–H groups in total. The van der Waals surface area contributed by atoms with Gasteiger partial charge in [-0.2, -0.15) is 18.4 Å². The van der Waals surface area contributed by atoms with Crippen molar-refractivity contribution >= 4 is 43.6 Å². The molecule has 2 heterocycles. The molecule has 0 aliphatic carbocycles. The third kappa shape index (κ3) is 6.28. The molecule has 9 aromatic carbocycles. The topological polar surface area (TPSA) is 33.6 Å². The maximum absolute atomic E-state index is 14.9. The zero-order chi connectivity index (χ0) is 42.8. The fraction of sp³-hybridized carbons (Fsp3) is 0.0351. The van der Waals surface area contributed by atoms with E-state index in [-0.39, 0.29) is 5.56 Å². The molecule has 0 bridgehead atoms. The standard InChI is InChI=1S/C57H36F3N3/c1-36-13-12-20-49(57(58,59)60)56(36)42-26-30-53(62-50-21-10-8-18-43(50)46-32-40(24-28-52(46)62)38-14-4-2-5-15-38)48(34-42)45-27-23-37(35-61)31-55(45)63-51-22-11-9-19-44(51)47-33-41(25-29-54(47)63)39-16-6-3-7-17-39/h2-34H,1H3. The first-order chi connectivity index (χ1) is 30.8. The Kier molecular flexibility index (Phi) is 8.88. The highest BCUT2D eigenvalue weighted by atomic mass is 19.4. The Labute approximate surface area is 361 Å². The monoisotopic (exact) mass is 819 g/mol. The van der Waals surface area contributed by atoms with Gasteiger partial charge in [-0.25, -0.2) is 0 Å². The number of nitrogens with zero attached hydrogens (tertiary/aromatic N) is 3. The van der Waals surface area contributed by atoms with Gasteiger partial charge in [0.2, 0.25) is 0 Å². The second kappa shape index (κ2) is 14.8. The molecule has 0 amide bonds. The number of hydrogen-bond acceptors (Lipinski definition) is 1. The SMILES string of the molecule is Cc1cccc(C(F)(F)F)c1-c1ccc(-n2c3ccccc3c3cc(-c4ccccc4)ccc32)c(-c2ccc(C#N)cc2-n2c3ccccc3c3cc(-c4ccccc4)ccc32)c1. The van der Waals surface area contributed by atoms with Gasteiger partial charge in [-0.15, -0.1) is 0 Å². The highest BCUT2D eigenvalue weighted by Gasteiger charge is 2.34. The molecule has 0 aliphatic heterocycles. The van der Waals surface area contributed by atoms with E-state index in [1.54, 1.807) is 19.1 Å². The van der Waals surface area contributed by atoms with Crippen LogP contribution in [-0.2, 0) is 6.18 Å². The molecule has 0 saturated heterocycles. The van der Waals surface area contributed by atoms with Gasteiger partial charge in [0.15, 0.2) is 0 Å².